The van der Waals surface area contributed by atoms with Gasteiger partial charge in [-0.2, -0.15) is 9.97 Å². The van der Waals surface area contributed by atoms with Crippen LogP contribution in [0.4, 0.5) is 5.95 Å². The first-order chi connectivity index (χ1) is 7.69. The molecule has 0 saturated heterocycles. The molecule has 0 spiro atoms. The van der Waals surface area contributed by atoms with Crippen LogP contribution in [0.1, 0.15) is 0 Å². The topological polar surface area (TPSA) is 114 Å². The van der Waals surface area contributed by atoms with Crippen molar-refractivity contribution in [3.8, 4) is 12.0 Å². The summed E-state index contributed by atoms with van der Waals surface area (Å²) in [6, 6.07) is 0.166. The Morgan fingerprint density at radius 2 is 1.62 bits per heavy atom. The van der Waals surface area contributed by atoms with E-state index in [4.69, 9.17) is 14.9 Å². The van der Waals surface area contributed by atoms with Crippen molar-refractivity contribution < 1.29 is 14.3 Å². The molecule has 16 heavy (non-hydrogen) atoms. The molecular formula is C7H12N6O3. The summed E-state index contributed by atoms with van der Waals surface area (Å²) in [5.41, 5.74) is 2.26. The summed E-state index contributed by atoms with van der Waals surface area (Å²) in [5.74, 6) is -0.0175. The molecule has 1 aromatic heterocycles. The Bertz CT molecular complexity index is 349. The number of rotatable bonds is 4. The lowest BCUT2D eigenvalue weighted by atomic mass is 10.8. The zero-order chi connectivity index (χ0) is 12.0. The number of guanidine groups is 1. The molecule has 0 bridgehead atoms. The molecular weight excluding hydrogens is 216 g/mol. The maximum Gasteiger partial charge on any atom is 0.324 e. The van der Waals surface area contributed by atoms with Crippen LogP contribution < -0.4 is 20.3 Å². The number of hydrogen-bond donors (Lipinski definition) is 3. The fraction of sp³-hybridized carbons (Fsp3) is 0.429. The predicted molar refractivity (Wildman–Crippen MR) is 54.4 cm³/mol. The summed E-state index contributed by atoms with van der Waals surface area (Å²) in [5, 5.41) is 9.87. The number of methoxy groups -OCH3 is 2. The lowest BCUT2D eigenvalue weighted by Gasteiger charge is -2.08. The molecule has 9 nitrogen and oxygen atoms in total. The van der Waals surface area contributed by atoms with E-state index >= 15 is 0 Å². The van der Waals surface area contributed by atoms with Crippen molar-refractivity contribution in [2.45, 2.75) is 0 Å². The van der Waals surface area contributed by atoms with E-state index in [1.54, 1.807) is 0 Å². The van der Waals surface area contributed by atoms with Gasteiger partial charge >= 0.3 is 12.0 Å². The number of aromatic nitrogens is 3. The summed E-state index contributed by atoms with van der Waals surface area (Å²) < 4.78 is 9.67. The van der Waals surface area contributed by atoms with Gasteiger partial charge in [-0.1, -0.05) is 0 Å². The summed E-state index contributed by atoms with van der Waals surface area (Å²) in [6.45, 7) is 0. The van der Waals surface area contributed by atoms with Crippen molar-refractivity contribution in [2.24, 2.45) is 0 Å². The van der Waals surface area contributed by atoms with E-state index in [1.807, 2.05) is 0 Å². The lowest BCUT2D eigenvalue weighted by molar-refractivity contribution is 0.143. The number of nitrogens with zero attached hydrogens (tertiary/aromatic N) is 3. The summed E-state index contributed by atoms with van der Waals surface area (Å²) in [6.07, 6.45) is 0. The van der Waals surface area contributed by atoms with Crippen molar-refractivity contribution in [1.82, 2.24) is 20.4 Å². The molecule has 9 heteroatoms. The van der Waals surface area contributed by atoms with Crippen LogP contribution in [0.5, 0.6) is 12.0 Å². The van der Waals surface area contributed by atoms with Crippen molar-refractivity contribution in [2.75, 3.05) is 26.6 Å². The maximum atomic E-state index is 7.35. The van der Waals surface area contributed by atoms with E-state index in [-0.39, 0.29) is 23.9 Å². The molecule has 0 aliphatic heterocycles. The number of hydrogen-bond acceptors (Lipinski definition) is 7. The highest BCUT2D eigenvalue weighted by Crippen LogP contribution is 2.11. The highest BCUT2D eigenvalue weighted by Gasteiger charge is 2.07. The Morgan fingerprint density at radius 3 is 2.06 bits per heavy atom. The second-order valence-corrected chi connectivity index (χ2v) is 2.44. The van der Waals surface area contributed by atoms with Gasteiger partial charge in [0.15, 0.2) is 0 Å². The molecule has 0 saturated carbocycles. The third-order valence-electron chi connectivity index (χ3n) is 1.40. The molecule has 0 aromatic carbocycles. The molecule has 0 amide bonds. The first kappa shape index (κ1) is 11.9. The molecule has 0 fully saturated rings. The van der Waals surface area contributed by atoms with Crippen LogP contribution in [0, 0.1) is 5.41 Å². The van der Waals surface area contributed by atoms with Gasteiger partial charge in [0, 0.05) is 0 Å². The molecule has 1 aromatic rings. The fourth-order valence-electron chi connectivity index (χ4n) is 0.816. The molecule has 0 aliphatic carbocycles. The van der Waals surface area contributed by atoms with Gasteiger partial charge in [0.25, 0.3) is 0 Å². The van der Waals surface area contributed by atoms with Crippen LogP contribution in [0.25, 0.3) is 0 Å². The Labute approximate surface area is 91.6 Å². The van der Waals surface area contributed by atoms with Crippen molar-refractivity contribution in [1.29, 1.82) is 5.41 Å². The van der Waals surface area contributed by atoms with Crippen LogP contribution in [0.3, 0.4) is 0 Å². The van der Waals surface area contributed by atoms with Gasteiger partial charge in [0.1, 0.15) is 0 Å². The largest absolute Gasteiger partial charge is 0.467 e. The molecule has 0 aliphatic rings. The molecule has 88 valence electrons. The number of nitrogens with one attached hydrogen (secondary N) is 3. The van der Waals surface area contributed by atoms with Gasteiger partial charge in [-0.15, -0.1) is 4.98 Å². The predicted octanol–water partition coefficient (Wildman–Crippen LogP) is -0.614. The molecule has 0 atom stereocenters. The highest BCUT2D eigenvalue weighted by molar-refractivity contribution is 5.88. The van der Waals surface area contributed by atoms with E-state index in [2.05, 4.69) is 30.6 Å². The first-order valence-electron chi connectivity index (χ1n) is 4.18. The standard InChI is InChI=1S/C7H12N6O3/c1-14-6-10-5(9-4(8)13-16-3)11-7(12-6)15-2/h1-3H3,(H3,8,9,10,11,12,13). The lowest BCUT2D eigenvalue weighted by Crippen LogP contribution is -2.29. The SMILES string of the molecule is CONC(=N)Nc1nc(OC)nc(OC)n1. The summed E-state index contributed by atoms with van der Waals surface area (Å²) in [7, 11) is 4.21. The van der Waals surface area contributed by atoms with E-state index in [0.717, 1.165) is 0 Å². The van der Waals surface area contributed by atoms with E-state index < -0.39 is 0 Å². The Kier molecular flexibility index (Phi) is 4.21. The van der Waals surface area contributed by atoms with Crippen molar-refractivity contribution in [3.05, 3.63) is 0 Å². The average Bonchev–Trinajstić information content (AvgIpc) is 2.28. The zero-order valence-electron chi connectivity index (χ0n) is 9.07. The molecule has 0 radical (unpaired) electrons. The van der Waals surface area contributed by atoms with Crippen LogP contribution in [0.2, 0.25) is 0 Å². The number of hydroxylamine groups is 1. The number of ether oxygens (including phenoxy) is 2. The molecule has 1 heterocycles. The Morgan fingerprint density at radius 1 is 1.06 bits per heavy atom. The second kappa shape index (κ2) is 5.66. The Hall–Kier alpha value is -2.16. The van der Waals surface area contributed by atoms with Gasteiger partial charge in [0.05, 0.1) is 21.3 Å². The summed E-state index contributed by atoms with van der Waals surface area (Å²) in [4.78, 5) is 16.0. The fourth-order valence-corrected chi connectivity index (χ4v) is 0.816. The second-order valence-electron chi connectivity index (χ2n) is 2.44. The van der Waals surface area contributed by atoms with Crippen LogP contribution >= 0.6 is 0 Å². The number of anilines is 1. The third-order valence-corrected chi connectivity index (χ3v) is 1.40. The minimum atomic E-state index is -0.127. The molecule has 3 N–H and O–H groups in total. The average molecular weight is 228 g/mol. The smallest absolute Gasteiger partial charge is 0.324 e. The van der Waals surface area contributed by atoms with Crippen LogP contribution in [-0.4, -0.2) is 42.2 Å². The summed E-state index contributed by atoms with van der Waals surface area (Å²) >= 11 is 0. The minimum Gasteiger partial charge on any atom is -0.467 e. The monoisotopic (exact) mass is 228 g/mol. The van der Waals surface area contributed by atoms with Crippen molar-refractivity contribution >= 4 is 11.9 Å². The van der Waals surface area contributed by atoms with E-state index in [0.29, 0.717) is 0 Å². The van der Waals surface area contributed by atoms with Crippen LogP contribution in [0.15, 0.2) is 0 Å². The third kappa shape index (κ3) is 3.20. The normalized spacial score (nSPS) is 9.44. The highest BCUT2D eigenvalue weighted by atomic mass is 16.6. The first-order valence-corrected chi connectivity index (χ1v) is 4.18. The maximum absolute atomic E-state index is 7.35. The van der Waals surface area contributed by atoms with E-state index in [9.17, 15) is 0 Å². The molecule has 0 unspecified atom stereocenters. The van der Waals surface area contributed by atoms with Gasteiger partial charge in [-0.25, -0.2) is 5.48 Å². The quantitative estimate of drug-likeness (QED) is 0.355. The van der Waals surface area contributed by atoms with Crippen molar-refractivity contribution in [3.63, 3.8) is 0 Å². The molecule has 1 rings (SSSR count). The van der Waals surface area contributed by atoms with Gasteiger partial charge in [0.2, 0.25) is 11.9 Å². The Balaban J connectivity index is 2.82. The zero-order valence-corrected chi connectivity index (χ0v) is 9.07. The van der Waals surface area contributed by atoms with Gasteiger partial charge in [-0.05, 0) is 0 Å². The van der Waals surface area contributed by atoms with E-state index in [1.165, 1.54) is 21.3 Å². The van der Waals surface area contributed by atoms with Crippen LogP contribution in [-0.2, 0) is 4.84 Å². The van der Waals surface area contributed by atoms with Gasteiger partial charge in [-0.3, -0.25) is 15.6 Å². The minimum absolute atomic E-state index is 0.0829. The van der Waals surface area contributed by atoms with Gasteiger partial charge < -0.3 is 9.47 Å².